The van der Waals surface area contributed by atoms with Crippen LogP contribution in [0.2, 0.25) is 5.02 Å². The van der Waals surface area contributed by atoms with Crippen molar-refractivity contribution in [1.29, 1.82) is 0 Å². The highest BCUT2D eigenvalue weighted by molar-refractivity contribution is 6.31. The second-order valence-electron chi connectivity index (χ2n) is 5.82. The Labute approximate surface area is 154 Å². The molecular weight excluding hydrogens is 400 g/mol. The van der Waals surface area contributed by atoms with Crippen molar-refractivity contribution in [2.24, 2.45) is 5.73 Å². The number of ether oxygens (including phenoxy) is 2. The van der Waals surface area contributed by atoms with E-state index < -0.39 is 35.1 Å². The summed E-state index contributed by atoms with van der Waals surface area (Å²) in [5.41, 5.74) is 2.01. The van der Waals surface area contributed by atoms with Gasteiger partial charge in [0, 0.05) is 23.2 Å². The van der Waals surface area contributed by atoms with Crippen molar-refractivity contribution in [3.8, 4) is 22.6 Å². The molecule has 0 amide bonds. The fourth-order valence-corrected chi connectivity index (χ4v) is 2.90. The molecule has 0 radical (unpaired) electrons. The first kappa shape index (κ1) is 19.6. The third-order valence-electron chi connectivity index (χ3n) is 3.93. The van der Waals surface area contributed by atoms with Gasteiger partial charge in [0.2, 0.25) is 0 Å². The molecule has 2 aromatic carbocycles. The molecule has 0 unspecified atom stereocenters. The Morgan fingerprint density at radius 2 is 1.70 bits per heavy atom. The molecule has 1 aliphatic rings. The minimum absolute atomic E-state index is 0.0423. The monoisotopic (exact) mass is 411 g/mol. The maximum absolute atomic E-state index is 13.5. The third-order valence-corrected chi connectivity index (χ3v) is 4.15. The van der Waals surface area contributed by atoms with Gasteiger partial charge in [0.15, 0.2) is 11.5 Å². The van der Waals surface area contributed by atoms with E-state index in [9.17, 15) is 26.3 Å². The lowest BCUT2D eigenvalue weighted by atomic mass is 9.95. The van der Waals surface area contributed by atoms with Crippen LogP contribution in [-0.4, -0.2) is 19.3 Å². The normalized spacial score (nSPS) is 17.1. The highest BCUT2D eigenvalue weighted by atomic mass is 35.5. The number of hydrogen-bond acceptors (Lipinski definition) is 3. The summed E-state index contributed by atoms with van der Waals surface area (Å²) in [4.78, 5) is 0. The minimum atomic E-state index is -5.03. The summed E-state index contributed by atoms with van der Waals surface area (Å²) in [5.74, 6) is 0.0431. The first-order valence-electron chi connectivity index (χ1n) is 7.62. The number of halogens is 7. The van der Waals surface area contributed by atoms with Gasteiger partial charge in [-0.3, -0.25) is 0 Å². The van der Waals surface area contributed by atoms with Crippen molar-refractivity contribution in [3.05, 3.63) is 46.5 Å². The number of nitrogens with two attached hydrogens (primary N) is 1. The van der Waals surface area contributed by atoms with E-state index in [1.807, 2.05) is 0 Å². The average molecular weight is 412 g/mol. The summed E-state index contributed by atoms with van der Waals surface area (Å²) in [6.45, 7) is 0.114. The van der Waals surface area contributed by atoms with E-state index in [1.165, 1.54) is 12.1 Å². The zero-order chi connectivity index (χ0) is 20.0. The number of fused-ring (bicyclic) bond motifs is 1. The van der Waals surface area contributed by atoms with Crippen molar-refractivity contribution in [3.63, 3.8) is 0 Å². The molecule has 146 valence electrons. The van der Waals surface area contributed by atoms with E-state index in [2.05, 4.69) is 0 Å². The van der Waals surface area contributed by atoms with Crippen molar-refractivity contribution >= 4 is 11.6 Å². The van der Waals surface area contributed by atoms with Gasteiger partial charge in [-0.05, 0) is 23.8 Å². The van der Waals surface area contributed by atoms with Crippen LogP contribution < -0.4 is 15.2 Å². The SMILES string of the molecule is NC[C@H]1COc2cc(Cl)cc(-c3ccc(C(F)(F)F)cc3C(F)(F)F)c2O1. The van der Waals surface area contributed by atoms with Gasteiger partial charge in [0.05, 0.1) is 11.1 Å². The molecule has 0 aliphatic carbocycles. The van der Waals surface area contributed by atoms with Crippen molar-refractivity contribution < 1.29 is 35.8 Å². The fourth-order valence-electron chi connectivity index (χ4n) is 2.69. The van der Waals surface area contributed by atoms with Crippen LogP contribution in [0.1, 0.15) is 11.1 Å². The van der Waals surface area contributed by atoms with Gasteiger partial charge in [-0.25, -0.2) is 0 Å². The molecule has 2 aromatic rings. The fraction of sp³-hybridized carbons (Fsp3) is 0.294. The predicted molar refractivity (Wildman–Crippen MR) is 85.9 cm³/mol. The van der Waals surface area contributed by atoms with Gasteiger partial charge in [-0.2, -0.15) is 26.3 Å². The van der Waals surface area contributed by atoms with Gasteiger partial charge in [0.1, 0.15) is 12.7 Å². The quantitative estimate of drug-likeness (QED) is 0.696. The van der Waals surface area contributed by atoms with Gasteiger partial charge in [0.25, 0.3) is 0 Å². The summed E-state index contributed by atoms with van der Waals surface area (Å²) in [5, 5.41) is 0.0478. The zero-order valence-corrected chi connectivity index (χ0v) is 14.2. The van der Waals surface area contributed by atoms with E-state index in [1.54, 1.807) is 0 Å². The van der Waals surface area contributed by atoms with Crippen molar-refractivity contribution in [1.82, 2.24) is 0 Å². The van der Waals surface area contributed by atoms with Gasteiger partial charge >= 0.3 is 12.4 Å². The first-order valence-corrected chi connectivity index (χ1v) is 8.00. The highest BCUT2D eigenvalue weighted by Gasteiger charge is 2.39. The van der Waals surface area contributed by atoms with Crippen LogP contribution in [0.3, 0.4) is 0 Å². The molecule has 3 nitrogen and oxygen atoms in total. The molecule has 0 saturated heterocycles. The smallest absolute Gasteiger partial charge is 0.417 e. The average Bonchev–Trinajstić information content (AvgIpc) is 2.58. The van der Waals surface area contributed by atoms with Crippen LogP contribution in [0.25, 0.3) is 11.1 Å². The van der Waals surface area contributed by atoms with Crippen LogP contribution in [-0.2, 0) is 12.4 Å². The second-order valence-corrected chi connectivity index (χ2v) is 6.26. The maximum atomic E-state index is 13.5. The number of hydrogen-bond donors (Lipinski definition) is 1. The lowest BCUT2D eigenvalue weighted by molar-refractivity contribution is -0.142. The van der Waals surface area contributed by atoms with Gasteiger partial charge in [-0.1, -0.05) is 17.7 Å². The van der Waals surface area contributed by atoms with E-state index in [0.717, 1.165) is 6.07 Å². The Hall–Kier alpha value is -2.13. The van der Waals surface area contributed by atoms with Gasteiger partial charge < -0.3 is 15.2 Å². The van der Waals surface area contributed by atoms with E-state index in [-0.39, 0.29) is 41.3 Å². The third kappa shape index (κ3) is 3.93. The Balaban J connectivity index is 2.24. The highest BCUT2D eigenvalue weighted by Crippen LogP contribution is 2.48. The standard InChI is InChI=1S/C17H12ClF6NO2/c18-9-4-12(15-14(5-9)26-7-10(6-25)27-15)11-2-1-8(16(19,20)21)3-13(11)17(22,23)24/h1-5,10H,6-7,25H2/t10-/m0/s1. The molecule has 27 heavy (non-hydrogen) atoms. The van der Waals surface area contributed by atoms with Crippen LogP contribution in [0.5, 0.6) is 11.5 Å². The Morgan fingerprint density at radius 1 is 1.00 bits per heavy atom. The maximum Gasteiger partial charge on any atom is 0.417 e. The molecule has 10 heteroatoms. The van der Waals surface area contributed by atoms with Crippen LogP contribution >= 0.6 is 11.6 Å². The van der Waals surface area contributed by atoms with Crippen LogP contribution in [0.15, 0.2) is 30.3 Å². The lowest BCUT2D eigenvalue weighted by Crippen LogP contribution is -2.36. The molecule has 0 aromatic heterocycles. The lowest BCUT2D eigenvalue weighted by Gasteiger charge is -2.28. The molecular formula is C17H12ClF6NO2. The summed E-state index contributed by atoms with van der Waals surface area (Å²) < 4.78 is 90.1. The van der Waals surface area contributed by atoms with E-state index in [0.29, 0.717) is 6.07 Å². The van der Waals surface area contributed by atoms with Crippen molar-refractivity contribution in [2.75, 3.05) is 13.2 Å². The van der Waals surface area contributed by atoms with Gasteiger partial charge in [-0.15, -0.1) is 0 Å². The van der Waals surface area contributed by atoms with Crippen LogP contribution in [0.4, 0.5) is 26.3 Å². The molecule has 0 bridgehead atoms. The van der Waals surface area contributed by atoms with Crippen LogP contribution in [0, 0.1) is 0 Å². The molecule has 2 N–H and O–H groups in total. The number of rotatable bonds is 2. The largest absolute Gasteiger partial charge is 0.486 e. The first-order chi connectivity index (χ1) is 12.5. The molecule has 1 aliphatic heterocycles. The summed E-state index contributed by atoms with van der Waals surface area (Å²) in [6, 6.07) is 3.91. The van der Waals surface area contributed by atoms with E-state index >= 15 is 0 Å². The Morgan fingerprint density at radius 3 is 2.30 bits per heavy atom. The van der Waals surface area contributed by atoms with Crippen molar-refractivity contribution in [2.45, 2.75) is 18.5 Å². The molecule has 0 fully saturated rings. The second kappa shape index (κ2) is 6.79. The molecule has 1 heterocycles. The molecule has 1 atom stereocenters. The predicted octanol–water partition coefficient (Wildman–Crippen LogP) is 5.14. The summed E-state index contributed by atoms with van der Waals surface area (Å²) in [6.07, 6.45) is -10.6. The number of benzene rings is 2. The molecule has 0 saturated carbocycles. The Bertz CT molecular complexity index is 866. The minimum Gasteiger partial charge on any atom is -0.486 e. The number of alkyl halides is 6. The Kier molecular flexibility index (Phi) is 4.94. The summed E-state index contributed by atoms with van der Waals surface area (Å²) >= 11 is 5.95. The molecule has 3 rings (SSSR count). The topological polar surface area (TPSA) is 44.5 Å². The summed E-state index contributed by atoms with van der Waals surface area (Å²) in [7, 11) is 0. The zero-order valence-electron chi connectivity index (χ0n) is 13.4. The molecule has 0 spiro atoms. The van der Waals surface area contributed by atoms with E-state index in [4.69, 9.17) is 26.8 Å².